The van der Waals surface area contributed by atoms with E-state index in [1.165, 1.54) is 17.4 Å². The molecule has 0 radical (unpaired) electrons. The zero-order valence-corrected chi connectivity index (χ0v) is 19.4. The van der Waals surface area contributed by atoms with Crippen LogP contribution >= 0.6 is 22.9 Å². The Labute approximate surface area is 199 Å². The van der Waals surface area contributed by atoms with E-state index < -0.39 is 0 Å². The number of nitrogens with zero attached hydrogens (tertiary/aromatic N) is 1. The Morgan fingerprint density at radius 3 is 2.76 bits per heavy atom. The van der Waals surface area contributed by atoms with E-state index in [1.807, 2.05) is 25.1 Å². The minimum absolute atomic E-state index is 0.335. The van der Waals surface area contributed by atoms with Gasteiger partial charge in [0.15, 0.2) is 5.13 Å². The molecule has 0 saturated heterocycles. The summed E-state index contributed by atoms with van der Waals surface area (Å²) in [7, 11) is 0. The van der Waals surface area contributed by atoms with E-state index in [0.717, 1.165) is 23.1 Å². The van der Waals surface area contributed by atoms with Crippen LogP contribution in [0.5, 0.6) is 0 Å². The fourth-order valence-electron chi connectivity index (χ4n) is 3.01. The number of amides is 1. The Kier molecular flexibility index (Phi) is 7.22. The van der Waals surface area contributed by atoms with Crippen LogP contribution < -0.4 is 5.32 Å². The van der Waals surface area contributed by atoms with Gasteiger partial charge in [-0.2, -0.15) is 0 Å². The number of esters is 1. The number of carbonyl (C=O) groups is 2. The van der Waals surface area contributed by atoms with Crippen LogP contribution in [0.2, 0.25) is 5.02 Å². The molecule has 0 atom stereocenters. The van der Waals surface area contributed by atoms with Crippen LogP contribution in [-0.4, -0.2) is 23.5 Å². The Morgan fingerprint density at radius 1 is 1.15 bits per heavy atom. The molecule has 6 nitrogen and oxygen atoms in total. The first-order valence-corrected chi connectivity index (χ1v) is 11.6. The summed E-state index contributed by atoms with van der Waals surface area (Å²) in [6.07, 6.45) is 4.76. The lowest BCUT2D eigenvalue weighted by Crippen LogP contribution is -2.07. The number of anilines is 1. The molecular weight excluding hydrogens is 460 g/mol. The summed E-state index contributed by atoms with van der Waals surface area (Å²) >= 11 is 7.21. The fraction of sp³-hybridized carbons (Fsp3) is 0.160. The topological polar surface area (TPSA) is 81.4 Å². The number of nitrogens with one attached hydrogen (secondary N) is 1. The molecule has 4 rings (SSSR count). The summed E-state index contributed by atoms with van der Waals surface area (Å²) in [4.78, 5) is 28.9. The number of ether oxygens (including phenoxy) is 1. The number of fused-ring (bicyclic) bond motifs is 1. The average molecular weight is 481 g/mol. The van der Waals surface area contributed by atoms with E-state index in [-0.39, 0.29) is 11.9 Å². The van der Waals surface area contributed by atoms with Gasteiger partial charge in [-0.3, -0.25) is 10.1 Å². The molecular formula is C25H21ClN2O4S. The summed E-state index contributed by atoms with van der Waals surface area (Å²) in [5, 5.41) is 3.84. The quantitative estimate of drug-likeness (QED) is 0.170. The first-order valence-electron chi connectivity index (χ1n) is 10.4. The Balaban J connectivity index is 1.39. The van der Waals surface area contributed by atoms with Gasteiger partial charge in [0.05, 0.1) is 22.4 Å². The van der Waals surface area contributed by atoms with Gasteiger partial charge in [-0.1, -0.05) is 36.3 Å². The number of rotatable bonds is 8. The van der Waals surface area contributed by atoms with Gasteiger partial charge >= 0.3 is 5.97 Å². The maximum absolute atomic E-state index is 12.3. The third kappa shape index (κ3) is 5.88. The van der Waals surface area contributed by atoms with Gasteiger partial charge in [0.2, 0.25) is 5.91 Å². The molecule has 0 aliphatic carbocycles. The van der Waals surface area contributed by atoms with Crippen LogP contribution in [0.4, 0.5) is 5.13 Å². The standard InChI is InChI=1S/C25H21ClN2O4S/c1-2-3-14-31-24(30)17-6-11-20-22(15-17)33-25(27-20)28-23(29)13-10-19-9-12-21(32-19)16-4-7-18(26)8-5-16/h4-13,15H,2-3,14H2,1H3,(H,27,28,29)/b13-10+. The molecule has 0 unspecified atom stereocenters. The van der Waals surface area contributed by atoms with Gasteiger partial charge in [-0.15, -0.1) is 0 Å². The molecule has 2 aromatic heterocycles. The van der Waals surface area contributed by atoms with Crippen molar-refractivity contribution < 1.29 is 18.7 Å². The van der Waals surface area contributed by atoms with Crippen molar-refractivity contribution in [1.82, 2.24) is 4.98 Å². The smallest absolute Gasteiger partial charge is 0.338 e. The number of aromatic nitrogens is 1. The molecule has 33 heavy (non-hydrogen) atoms. The molecule has 168 valence electrons. The van der Waals surface area contributed by atoms with E-state index in [4.69, 9.17) is 20.8 Å². The first-order chi connectivity index (χ1) is 16.0. The van der Waals surface area contributed by atoms with E-state index in [0.29, 0.717) is 39.4 Å². The molecule has 0 saturated carbocycles. The highest BCUT2D eigenvalue weighted by atomic mass is 35.5. The van der Waals surface area contributed by atoms with Crippen molar-refractivity contribution in [2.45, 2.75) is 19.8 Å². The maximum Gasteiger partial charge on any atom is 0.338 e. The monoisotopic (exact) mass is 480 g/mol. The predicted octanol–water partition coefficient (Wildman–Crippen LogP) is 6.82. The normalized spacial score (nSPS) is 11.2. The van der Waals surface area contributed by atoms with Gasteiger partial charge < -0.3 is 9.15 Å². The van der Waals surface area contributed by atoms with E-state index in [1.54, 1.807) is 42.5 Å². The molecule has 0 aliphatic rings. The third-order valence-electron chi connectivity index (χ3n) is 4.74. The Bertz CT molecular complexity index is 1310. The highest BCUT2D eigenvalue weighted by Gasteiger charge is 2.12. The Hall–Kier alpha value is -3.42. The van der Waals surface area contributed by atoms with Crippen molar-refractivity contribution in [3.63, 3.8) is 0 Å². The molecule has 1 N–H and O–H groups in total. The lowest BCUT2D eigenvalue weighted by atomic mass is 10.2. The Morgan fingerprint density at radius 2 is 1.97 bits per heavy atom. The lowest BCUT2D eigenvalue weighted by molar-refractivity contribution is -0.111. The van der Waals surface area contributed by atoms with Crippen LogP contribution in [0.15, 0.2) is 65.1 Å². The predicted molar refractivity (Wildman–Crippen MR) is 132 cm³/mol. The van der Waals surface area contributed by atoms with E-state index in [2.05, 4.69) is 10.3 Å². The maximum atomic E-state index is 12.3. The molecule has 2 aromatic carbocycles. The zero-order chi connectivity index (χ0) is 23.2. The second kappa shape index (κ2) is 10.5. The third-order valence-corrected chi connectivity index (χ3v) is 5.93. The molecule has 0 spiro atoms. The van der Waals surface area contributed by atoms with Crippen molar-refractivity contribution in [2.75, 3.05) is 11.9 Å². The summed E-state index contributed by atoms with van der Waals surface area (Å²) in [5.41, 5.74) is 2.06. The van der Waals surface area contributed by atoms with E-state index in [9.17, 15) is 9.59 Å². The van der Waals surface area contributed by atoms with Gasteiger partial charge in [0, 0.05) is 16.7 Å². The van der Waals surface area contributed by atoms with Crippen molar-refractivity contribution in [2.24, 2.45) is 0 Å². The summed E-state index contributed by atoms with van der Waals surface area (Å²) in [6.45, 7) is 2.44. The summed E-state index contributed by atoms with van der Waals surface area (Å²) < 4.78 is 11.8. The number of hydrogen-bond acceptors (Lipinski definition) is 6. The number of unbranched alkanes of at least 4 members (excludes halogenated alkanes) is 1. The number of halogens is 1. The molecule has 2 heterocycles. The molecule has 8 heteroatoms. The first kappa shape index (κ1) is 22.8. The van der Waals surface area contributed by atoms with Crippen LogP contribution in [-0.2, 0) is 9.53 Å². The summed E-state index contributed by atoms with van der Waals surface area (Å²) in [5.74, 6) is 0.536. The SMILES string of the molecule is CCCCOC(=O)c1ccc2nc(NC(=O)/C=C/c3ccc(-c4ccc(Cl)cc4)o3)sc2c1. The van der Waals surface area contributed by atoms with Crippen molar-refractivity contribution in [1.29, 1.82) is 0 Å². The molecule has 1 amide bonds. The van der Waals surface area contributed by atoms with Crippen molar-refractivity contribution >= 4 is 56.2 Å². The van der Waals surface area contributed by atoms with Crippen LogP contribution in [0.1, 0.15) is 35.9 Å². The number of carbonyl (C=O) groups excluding carboxylic acids is 2. The second-order valence-electron chi connectivity index (χ2n) is 7.22. The fourth-order valence-corrected chi connectivity index (χ4v) is 4.05. The second-order valence-corrected chi connectivity index (χ2v) is 8.69. The van der Waals surface area contributed by atoms with Crippen molar-refractivity contribution in [3.8, 4) is 11.3 Å². The number of benzene rings is 2. The minimum Gasteiger partial charge on any atom is -0.462 e. The largest absolute Gasteiger partial charge is 0.462 e. The lowest BCUT2D eigenvalue weighted by Gasteiger charge is -2.03. The van der Waals surface area contributed by atoms with Gasteiger partial charge in [-0.05, 0) is 67.1 Å². The minimum atomic E-state index is -0.358. The van der Waals surface area contributed by atoms with Crippen molar-refractivity contribution in [3.05, 3.63) is 77.0 Å². The number of hydrogen-bond donors (Lipinski definition) is 1. The van der Waals surface area contributed by atoms with Gasteiger partial charge in [-0.25, -0.2) is 9.78 Å². The zero-order valence-electron chi connectivity index (χ0n) is 17.8. The number of thiazole rings is 1. The van der Waals surface area contributed by atoms with Gasteiger partial charge in [0.1, 0.15) is 11.5 Å². The highest BCUT2D eigenvalue weighted by Crippen LogP contribution is 2.27. The molecule has 0 fully saturated rings. The average Bonchev–Trinajstić information content (AvgIpc) is 3.44. The highest BCUT2D eigenvalue weighted by molar-refractivity contribution is 7.22. The number of furan rings is 1. The molecule has 4 aromatic rings. The van der Waals surface area contributed by atoms with Crippen LogP contribution in [0.3, 0.4) is 0 Å². The van der Waals surface area contributed by atoms with Gasteiger partial charge in [0.25, 0.3) is 0 Å². The molecule has 0 aliphatic heterocycles. The molecule has 0 bridgehead atoms. The van der Waals surface area contributed by atoms with Crippen LogP contribution in [0, 0.1) is 0 Å². The van der Waals surface area contributed by atoms with E-state index >= 15 is 0 Å². The summed E-state index contributed by atoms with van der Waals surface area (Å²) in [6, 6.07) is 16.1. The van der Waals surface area contributed by atoms with Crippen LogP contribution in [0.25, 0.3) is 27.6 Å².